The third-order valence-corrected chi connectivity index (χ3v) is 4.06. The standard InChI is InChI=1S/C16H15IN2O/c17-13-7-5-11(6-8-13)9-14(19-18)16-10-12-3-1-2-4-15(12)20-16/h1-8,10,14,19H,9,18H2. The van der Waals surface area contributed by atoms with Crippen molar-refractivity contribution in [1.29, 1.82) is 0 Å². The van der Waals surface area contributed by atoms with Crippen LogP contribution in [0.2, 0.25) is 0 Å². The molecule has 0 aliphatic heterocycles. The molecule has 3 rings (SSSR count). The molecule has 2 aromatic carbocycles. The smallest absolute Gasteiger partial charge is 0.134 e. The molecule has 3 N–H and O–H groups in total. The Bertz CT molecular complexity index is 673. The lowest BCUT2D eigenvalue weighted by atomic mass is 10.0. The van der Waals surface area contributed by atoms with Gasteiger partial charge in [0.05, 0.1) is 6.04 Å². The summed E-state index contributed by atoms with van der Waals surface area (Å²) in [5.41, 5.74) is 4.97. The summed E-state index contributed by atoms with van der Waals surface area (Å²) in [6.45, 7) is 0. The van der Waals surface area contributed by atoms with Crippen LogP contribution in [0.15, 0.2) is 59.0 Å². The number of benzene rings is 2. The van der Waals surface area contributed by atoms with Crippen molar-refractivity contribution in [2.45, 2.75) is 12.5 Å². The van der Waals surface area contributed by atoms with E-state index in [9.17, 15) is 0 Å². The number of fused-ring (bicyclic) bond motifs is 1. The average molecular weight is 378 g/mol. The molecule has 20 heavy (non-hydrogen) atoms. The van der Waals surface area contributed by atoms with Gasteiger partial charge in [-0.3, -0.25) is 5.84 Å². The Hall–Kier alpha value is -1.37. The van der Waals surface area contributed by atoms with Crippen molar-refractivity contribution in [2.24, 2.45) is 5.84 Å². The maximum absolute atomic E-state index is 5.87. The van der Waals surface area contributed by atoms with Gasteiger partial charge in [-0.05, 0) is 58.8 Å². The fraction of sp³-hybridized carbons (Fsp3) is 0.125. The first-order valence-electron chi connectivity index (χ1n) is 6.45. The highest BCUT2D eigenvalue weighted by Gasteiger charge is 2.15. The summed E-state index contributed by atoms with van der Waals surface area (Å²) < 4.78 is 7.10. The van der Waals surface area contributed by atoms with Crippen molar-refractivity contribution in [1.82, 2.24) is 5.43 Å². The van der Waals surface area contributed by atoms with Crippen LogP contribution in [0.5, 0.6) is 0 Å². The van der Waals surface area contributed by atoms with E-state index in [-0.39, 0.29) is 6.04 Å². The van der Waals surface area contributed by atoms with Crippen molar-refractivity contribution in [3.63, 3.8) is 0 Å². The van der Waals surface area contributed by atoms with Crippen LogP contribution in [0.25, 0.3) is 11.0 Å². The van der Waals surface area contributed by atoms with E-state index in [1.54, 1.807) is 0 Å². The van der Waals surface area contributed by atoms with Gasteiger partial charge in [-0.2, -0.15) is 0 Å². The molecule has 1 aromatic heterocycles. The molecule has 0 aliphatic carbocycles. The summed E-state index contributed by atoms with van der Waals surface area (Å²) in [4.78, 5) is 0. The molecule has 0 radical (unpaired) electrons. The molecule has 4 heteroatoms. The second-order valence-electron chi connectivity index (χ2n) is 4.74. The largest absolute Gasteiger partial charge is 0.459 e. The van der Waals surface area contributed by atoms with E-state index >= 15 is 0 Å². The number of nitrogens with two attached hydrogens (primary N) is 1. The van der Waals surface area contributed by atoms with Gasteiger partial charge in [0.25, 0.3) is 0 Å². The van der Waals surface area contributed by atoms with E-state index in [0.29, 0.717) is 0 Å². The molecule has 0 spiro atoms. The topological polar surface area (TPSA) is 51.2 Å². The summed E-state index contributed by atoms with van der Waals surface area (Å²) >= 11 is 2.30. The number of halogens is 1. The zero-order chi connectivity index (χ0) is 13.9. The molecule has 1 heterocycles. The fourth-order valence-corrected chi connectivity index (χ4v) is 2.63. The normalized spacial score (nSPS) is 12.7. The number of hydrogen-bond acceptors (Lipinski definition) is 3. The van der Waals surface area contributed by atoms with Crippen molar-refractivity contribution in [3.8, 4) is 0 Å². The number of furan rings is 1. The predicted molar refractivity (Wildman–Crippen MR) is 89.1 cm³/mol. The quantitative estimate of drug-likeness (QED) is 0.413. The minimum absolute atomic E-state index is 0.0255. The first-order chi connectivity index (χ1) is 9.76. The van der Waals surface area contributed by atoms with Crippen LogP contribution in [-0.4, -0.2) is 0 Å². The number of hydrazine groups is 1. The van der Waals surface area contributed by atoms with E-state index in [2.05, 4.69) is 52.3 Å². The molecule has 1 unspecified atom stereocenters. The number of hydrogen-bond donors (Lipinski definition) is 2. The lowest BCUT2D eigenvalue weighted by Gasteiger charge is -2.13. The third-order valence-electron chi connectivity index (χ3n) is 3.34. The fourth-order valence-electron chi connectivity index (χ4n) is 2.27. The summed E-state index contributed by atoms with van der Waals surface area (Å²) in [6.07, 6.45) is 0.799. The van der Waals surface area contributed by atoms with E-state index < -0.39 is 0 Å². The molecule has 0 saturated heterocycles. The maximum atomic E-state index is 5.87. The highest BCUT2D eigenvalue weighted by Crippen LogP contribution is 2.25. The van der Waals surface area contributed by atoms with Gasteiger partial charge < -0.3 is 4.42 Å². The van der Waals surface area contributed by atoms with Crippen LogP contribution in [0.3, 0.4) is 0 Å². The molecular formula is C16H15IN2O. The van der Waals surface area contributed by atoms with Crippen LogP contribution in [0.4, 0.5) is 0 Å². The summed E-state index contributed by atoms with van der Waals surface area (Å²) in [5, 5.41) is 1.10. The Morgan fingerprint density at radius 1 is 1.10 bits per heavy atom. The monoisotopic (exact) mass is 378 g/mol. The summed E-state index contributed by atoms with van der Waals surface area (Å²) in [5.74, 6) is 6.56. The number of para-hydroxylation sites is 1. The Kier molecular flexibility index (Phi) is 4.05. The average Bonchev–Trinajstić information content (AvgIpc) is 2.90. The van der Waals surface area contributed by atoms with Gasteiger partial charge in [0.2, 0.25) is 0 Å². The van der Waals surface area contributed by atoms with Gasteiger partial charge in [0, 0.05) is 8.96 Å². The molecule has 0 bridgehead atoms. The lowest BCUT2D eigenvalue weighted by Crippen LogP contribution is -2.29. The first-order valence-corrected chi connectivity index (χ1v) is 7.53. The Balaban J connectivity index is 1.87. The molecule has 3 nitrogen and oxygen atoms in total. The molecule has 3 aromatic rings. The third kappa shape index (κ3) is 2.87. The van der Waals surface area contributed by atoms with Crippen LogP contribution in [0.1, 0.15) is 17.4 Å². The number of nitrogens with one attached hydrogen (secondary N) is 1. The zero-order valence-electron chi connectivity index (χ0n) is 10.8. The van der Waals surface area contributed by atoms with Crippen LogP contribution in [0, 0.1) is 3.57 Å². The molecule has 0 fully saturated rings. The van der Waals surface area contributed by atoms with Gasteiger partial charge >= 0.3 is 0 Å². The lowest BCUT2D eigenvalue weighted by molar-refractivity contribution is 0.434. The van der Waals surface area contributed by atoms with Gasteiger partial charge in [0.1, 0.15) is 11.3 Å². The van der Waals surface area contributed by atoms with Gasteiger partial charge in [-0.1, -0.05) is 30.3 Å². The van der Waals surface area contributed by atoms with Crippen LogP contribution in [-0.2, 0) is 6.42 Å². The van der Waals surface area contributed by atoms with E-state index in [0.717, 1.165) is 23.2 Å². The molecule has 1 atom stereocenters. The second-order valence-corrected chi connectivity index (χ2v) is 5.98. The zero-order valence-corrected chi connectivity index (χ0v) is 13.0. The van der Waals surface area contributed by atoms with Gasteiger partial charge in [-0.15, -0.1) is 0 Å². The van der Waals surface area contributed by atoms with Crippen molar-refractivity contribution in [3.05, 3.63) is 69.5 Å². The minimum Gasteiger partial charge on any atom is -0.459 e. The number of rotatable bonds is 4. The van der Waals surface area contributed by atoms with Gasteiger partial charge in [0.15, 0.2) is 0 Å². The SMILES string of the molecule is NNC(Cc1ccc(I)cc1)c1cc2ccccc2o1. The van der Waals surface area contributed by atoms with Crippen LogP contribution >= 0.6 is 22.6 Å². The first kappa shape index (κ1) is 13.6. The maximum Gasteiger partial charge on any atom is 0.134 e. The van der Waals surface area contributed by atoms with Crippen molar-refractivity contribution < 1.29 is 4.42 Å². The van der Waals surface area contributed by atoms with Crippen molar-refractivity contribution in [2.75, 3.05) is 0 Å². The van der Waals surface area contributed by atoms with E-state index in [1.807, 2.05) is 30.3 Å². The summed E-state index contributed by atoms with van der Waals surface area (Å²) in [6, 6.07) is 18.5. The van der Waals surface area contributed by atoms with Crippen LogP contribution < -0.4 is 11.3 Å². The van der Waals surface area contributed by atoms with E-state index in [1.165, 1.54) is 9.13 Å². The molecular weight excluding hydrogens is 363 g/mol. The van der Waals surface area contributed by atoms with E-state index in [4.69, 9.17) is 10.3 Å². The highest BCUT2D eigenvalue weighted by atomic mass is 127. The Morgan fingerprint density at radius 2 is 1.85 bits per heavy atom. The van der Waals surface area contributed by atoms with Crippen molar-refractivity contribution >= 4 is 33.6 Å². The molecule has 102 valence electrons. The minimum atomic E-state index is -0.0255. The second kappa shape index (κ2) is 5.95. The molecule has 0 amide bonds. The highest BCUT2D eigenvalue weighted by molar-refractivity contribution is 14.1. The predicted octanol–water partition coefficient (Wildman–Crippen LogP) is 3.78. The Labute approximate surface area is 131 Å². The molecule has 0 aliphatic rings. The Morgan fingerprint density at radius 3 is 2.55 bits per heavy atom. The molecule has 0 saturated carbocycles. The van der Waals surface area contributed by atoms with Gasteiger partial charge in [-0.25, -0.2) is 5.43 Å². The summed E-state index contributed by atoms with van der Waals surface area (Å²) in [7, 11) is 0.